The van der Waals surface area contributed by atoms with E-state index in [-0.39, 0.29) is 12.6 Å². The molecule has 0 aliphatic heterocycles. The third kappa shape index (κ3) is 4.02. The molecule has 0 heterocycles. The Morgan fingerprint density at radius 1 is 1.14 bits per heavy atom. The number of nitrogens with one attached hydrogen (secondary N) is 1. The Kier molecular flexibility index (Phi) is 5.31. The van der Waals surface area contributed by atoms with Gasteiger partial charge in [0.1, 0.15) is 12.4 Å². The highest BCUT2D eigenvalue weighted by molar-refractivity contribution is 9.10. The maximum absolute atomic E-state index is 13.2. The minimum absolute atomic E-state index is 0.113. The predicted octanol–water partition coefficient (Wildman–Crippen LogP) is 4.59. The zero-order valence-electron chi connectivity index (χ0n) is 11.8. The zero-order valence-corrected chi connectivity index (χ0v) is 13.4. The second kappa shape index (κ2) is 7.00. The number of ether oxygens (including phenoxy) is 1. The van der Waals surface area contributed by atoms with Crippen molar-refractivity contribution in [2.75, 3.05) is 7.05 Å². The Morgan fingerprint density at radius 2 is 1.90 bits per heavy atom. The first-order valence-corrected chi connectivity index (χ1v) is 7.34. The van der Waals surface area contributed by atoms with Crippen molar-refractivity contribution in [3.63, 3.8) is 0 Å². The molecule has 2 aromatic carbocycles. The van der Waals surface area contributed by atoms with Gasteiger partial charge in [-0.1, -0.05) is 22.0 Å². The molecule has 0 fully saturated rings. The third-order valence-electron chi connectivity index (χ3n) is 3.25. The summed E-state index contributed by atoms with van der Waals surface area (Å²) >= 11 is 3.43. The van der Waals surface area contributed by atoms with Crippen LogP contribution in [0.25, 0.3) is 0 Å². The standard InChI is InChI=1S/C16H16BrF2NO/c1-10(20-2)13-8-12(17)4-6-16(13)21-9-11-3-5-14(18)15(19)7-11/h3-8,10,20H,9H2,1-2H3. The van der Waals surface area contributed by atoms with Gasteiger partial charge >= 0.3 is 0 Å². The normalized spacial score (nSPS) is 12.2. The number of halogens is 3. The van der Waals surface area contributed by atoms with Gasteiger partial charge in [0.05, 0.1) is 0 Å². The molecule has 5 heteroatoms. The summed E-state index contributed by atoms with van der Waals surface area (Å²) in [6.07, 6.45) is 0. The molecule has 0 spiro atoms. The van der Waals surface area contributed by atoms with Gasteiger partial charge in [-0.15, -0.1) is 0 Å². The number of rotatable bonds is 5. The van der Waals surface area contributed by atoms with Gasteiger partial charge < -0.3 is 10.1 Å². The van der Waals surface area contributed by atoms with Crippen LogP contribution in [-0.4, -0.2) is 7.05 Å². The molecule has 0 aromatic heterocycles. The van der Waals surface area contributed by atoms with Crippen molar-refractivity contribution in [3.05, 3.63) is 63.6 Å². The molecular weight excluding hydrogens is 340 g/mol. The van der Waals surface area contributed by atoms with Crippen molar-refractivity contribution in [2.24, 2.45) is 0 Å². The highest BCUT2D eigenvalue weighted by Crippen LogP contribution is 2.29. The monoisotopic (exact) mass is 355 g/mol. The largest absolute Gasteiger partial charge is 0.489 e. The lowest BCUT2D eigenvalue weighted by molar-refractivity contribution is 0.299. The maximum Gasteiger partial charge on any atom is 0.159 e. The van der Waals surface area contributed by atoms with E-state index in [9.17, 15) is 8.78 Å². The van der Waals surface area contributed by atoms with Gasteiger partial charge in [-0.3, -0.25) is 0 Å². The van der Waals surface area contributed by atoms with E-state index < -0.39 is 11.6 Å². The molecule has 0 bridgehead atoms. The molecule has 21 heavy (non-hydrogen) atoms. The van der Waals surface area contributed by atoms with Crippen molar-refractivity contribution in [1.29, 1.82) is 0 Å². The zero-order chi connectivity index (χ0) is 15.4. The van der Waals surface area contributed by atoms with Crippen molar-refractivity contribution >= 4 is 15.9 Å². The van der Waals surface area contributed by atoms with Crippen LogP contribution in [0.15, 0.2) is 40.9 Å². The van der Waals surface area contributed by atoms with Crippen LogP contribution in [0.4, 0.5) is 8.78 Å². The minimum Gasteiger partial charge on any atom is -0.489 e. The summed E-state index contributed by atoms with van der Waals surface area (Å²) in [5, 5.41) is 3.15. The average molecular weight is 356 g/mol. The molecule has 2 nitrogen and oxygen atoms in total. The Labute approximate surface area is 131 Å². The quantitative estimate of drug-likeness (QED) is 0.846. The van der Waals surface area contributed by atoms with Gasteiger partial charge in [0.25, 0.3) is 0 Å². The molecule has 112 valence electrons. The maximum atomic E-state index is 13.2. The van der Waals surface area contributed by atoms with Crippen LogP contribution in [0.5, 0.6) is 5.75 Å². The molecule has 0 amide bonds. The summed E-state index contributed by atoms with van der Waals surface area (Å²) in [6, 6.07) is 9.59. The van der Waals surface area contributed by atoms with Gasteiger partial charge in [0.2, 0.25) is 0 Å². The first kappa shape index (κ1) is 15.9. The molecule has 0 radical (unpaired) electrons. The summed E-state index contributed by atoms with van der Waals surface area (Å²) in [7, 11) is 1.87. The Bertz CT molecular complexity index is 634. The third-order valence-corrected chi connectivity index (χ3v) is 3.74. The van der Waals surface area contributed by atoms with Crippen LogP contribution in [-0.2, 0) is 6.61 Å². The van der Waals surface area contributed by atoms with Crippen LogP contribution in [0, 0.1) is 11.6 Å². The molecule has 0 aliphatic rings. The van der Waals surface area contributed by atoms with Crippen molar-refractivity contribution in [1.82, 2.24) is 5.32 Å². The SMILES string of the molecule is CNC(C)c1cc(Br)ccc1OCc1ccc(F)c(F)c1. The van der Waals surface area contributed by atoms with Crippen LogP contribution < -0.4 is 10.1 Å². The second-order valence-electron chi connectivity index (χ2n) is 4.73. The van der Waals surface area contributed by atoms with Gasteiger partial charge in [-0.05, 0) is 49.9 Å². The molecule has 2 rings (SSSR count). The summed E-state index contributed by atoms with van der Waals surface area (Å²) in [5.74, 6) is -1.01. The molecule has 0 saturated heterocycles. The van der Waals surface area contributed by atoms with E-state index in [1.54, 1.807) is 0 Å². The molecule has 1 atom stereocenters. The van der Waals surface area contributed by atoms with E-state index in [2.05, 4.69) is 21.2 Å². The number of hydrogen-bond acceptors (Lipinski definition) is 2. The average Bonchev–Trinajstić information content (AvgIpc) is 2.48. The number of hydrogen-bond donors (Lipinski definition) is 1. The van der Waals surface area contributed by atoms with Gasteiger partial charge in [0.15, 0.2) is 11.6 Å². The van der Waals surface area contributed by atoms with E-state index in [1.807, 2.05) is 32.2 Å². The molecular formula is C16H16BrF2NO. The summed E-state index contributed by atoms with van der Waals surface area (Å²) < 4.78 is 32.8. The van der Waals surface area contributed by atoms with E-state index in [1.165, 1.54) is 6.07 Å². The van der Waals surface area contributed by atoms with E-state index in [0.717, 1.165) is 22.2 Å². The Morgan fingerprint density at radius 3 is 2.57 bits per heavy atom. The predicted molar refractivity (Wildman–Crippen MR) is 82.3 cm³/mol. The minimum atomic E-state index is -0.865. The molecule has 2 aromatic rings. The first-order valence-electron chi connectivity index (χ1n) is 6.54. The van der Waals surface area contributed by atoms with Gasteiger partial charge in [-0.2, -0.15) is 0 Å². The lowest BCUT2D eigenvalue weighted by atomic mass is 10.1. The smallest absolute Gasteiger partial charge is 0.159 e. The topological polar surface area (TPSA) is 21.3 Å². The lowest BCUT2D eigenvalue weighted by Crippen LogP contribution is -2.13. The Hall–Kier alpha value is -1.46. The van der Waals surface area contributed by atoms with Crippen molar-refractivity contribution < 1.29 is 13.5 Å². The van der Waals surface area contributed by atoms with Gasteiger partial charge in [-0.25, -0.2) is 8.78 Å². The molecule has 0 saturated carbocycles. The molecule has 1 unspecified atom stereocenters. The van der Waals surface area contributed by atoms with E-state index in [4.69, 9.17) is 4.74 Å². The van der Waals surface area contributed by atoms with Crippen molar-refractivity contribution in [3.8, 4) is 5.75 Å². The highest BCUT2D eigenvalue weighted by atomic mass is 79.9. The van der Waals surface area contributed by atoms with Crippen LogP contribution in [0.1, 0.15) is 24.1 Å². The molecule has 1 N–H and O–H groups in total. The number of benzene rings is 2. The van der Waals surface area contributed by atoms with E-state index >= 15 is 0 Å². The fourth-order valence-electron chi connectivity index (χ4n) is 1.94. The van der Waals surface area contributed by atoms with Crippen LogP contribution >= 0.6 is 15.9 Å². The first-order chi connectivity index (χ1) is 10.0. The van der Waals surface area contributed by atoms with Crippen LogP contribution in [0.3, 0.4) is 0 Å². The fraction of sp³-hybridized carbons (Fsp3) is 0.250. The van der Waals surface area contributed by atoms with E-state index in [0.29, 0.717) is 11.3 Å². The van der Waals surface area contributed by atoms with Crippen LogP contribution in [0.2, 0.25) is 0 Å². The Balaban J connectivity index is 2.17. The molecule has 0 aliphatic carbocycles. The highest BCUT2D eigenvalue weighted by Gasteiger charge is 2.11. The van der Waals surface area contributed by atoms with Crippen molar-refractivity contribution in [2.45, 2.75) is 19.6 Å². The fourth-order valence-corrected chi connectivity index (χ4v) is 2.31. The lowest BCUT2D eigenvalue weighted by Gasteiger charge is -2.17. The summed E-state index contributed by atoms with van der Waals surface area (Å²) in [6.45, 7) is 2.20. The van der Waals surface area contributed by atoms with Gasteiger partial charge in [0, 0.05) is 16.1 Å². The summed E-state index contributed by atoms with van der Waals surface area (Å²) in [5.41, 5.74) is 1.58. The summed E-state index contributed by atoms with van der Waals surface area (Å²) in [4.78, 5) is 0. The second-order valence-corrected chi connectivity index (χ2v) is 5.65.